The Labute approximate surface area is 160 Å². The number of carbonyl (C=O) groups is 1. The van der Waals surface area contributed by atoms with Crippen molar-refractivity contribution >= 4 is 16.9 Å². The molecule has 0 radical (unpaired) electrons. The number of hydrogen-bond acceptors (Lipinski definition) is 5. The smallest absolute Gasteiger partial charge is 0.283 e. The van der Waals surface area contributed by atoms with Gasteiger partial charge in [-0.15, -0.1) is 0 Å². The van der Waals surface area contributed by atoms with Crippen LogP contribution in [-0.2, 0) is 4.79 Å². The van der Waals surface area contributed by atoms with Crippen LogP contribution < -0.4 is 15.7 Å². The highest BCUT2D eigenvalue weighted by atomic mass is 16.5. The van der Waals surface area contributed by atoms with E-state index in [1.54, 1.807) is 10.7 Å². The third kappa shape index (κ3) is 3.35. The van der Waals surface area contributed by atoms with E-state index in [9.17, 15) is 9.59 Å². The lowest BCUT2D eigenvalue weighted by atomic mass is 10.2. The highest BCUT2D eigenvalue weighted by molar-refractivity contribution is 5.85. The molecule has 0 saturated carbocycles. The molecule has 140 valence electrons. The third-order valence-corrected chi connectivity index (χ3v) is 4.19. The van der Waals surface area contributed by atoms with Gasteiger partial charge in [-0.3, -0.25) is 15.0 Å². The largest absolute Gasteiger partial charge is 0.483 e. The topological polar surface area (TPSA) is 91.0 Å². The molecule has 0 aliphatic carbocycles. The Morgan fingerprint density at radius 2 is 1.86 bits per heavy atom. The van der Waals surface area contributed by atoms with Crippen LogP contribution in [0, 0.1) is 6.92 Å². The Morgan fingerprint density at radius 1 is 1.11 bits per heavy atom. The number of fused-ring (bicyclic) bond motifs is 1. The molecule has 0 unspecified atom stereocenters. The summed E-state index contributed by atoms with van der Waals surface area (Å²) in [6, 6.07) is 16.8. The highest BCUT2D eigenvalue weighted by Gasteiger charge is 2.13. The first-order valence-corrected chi connectivity index (χ1v) is 8.62. The molecule has 0 aliphatic heterocycles. The second-order valence-electron chi connectivity index (χ2n) is 6.14. The number of benzene rings is 2. The number of aryl methyl sites for hydroxylation is 1. The van der Waals surface area contributed by atoms with E-state index in [0.29, 0.717) is 16.8 Å². The standard InChI is InChI=1S/C20H17N5O3/c1-14-7-5-6-10-17(14)28-12-18(26)23-24-13-21-19-16(20(24)27)11-22-25(19)15-8-3-2-4-9-15/h2-11,13H,12H2,1H3,(H,23,26). The molecule has 4 aromatic rings. The van der Waals surface area contributed by atoms with E-state index in [4.69, 9.17) is 4.74 Å². The van der Waals surface area contributed by atoms with Crippen LogP contribution in [0.15, 0.2) is 71.9 Å². The molecule has 1 N–H and O–H groups in total. The predicted octanol–water partition coefficient (Wildman–Crippen LogP) is 2.04. The van der Waals surface area contributed by atoms with Gasteiger partial charge in [-0.1, -0.05) is 36.4 Å². The number of nitrogens with zero attached hydrogens (tertiary/aromatic N) is 4. The predicted molar refractivity (Wildman–Crippen MR) is 104 cm³/mol. The molecule has 0 aliphatic rings. The van der Waals surface area contributed by atoms with Gasteiger partial charge in [0.15, 0.2) is 12.3 Å². The van der Waals surface area contributed by atoms with E-state index in [0.717, 1.165) is 15.9 Å². The van der Waals surface area contributed by atoms with Gasteiger partial charge in [0.1, 0.15) is 17.5 Å². The van der Waals surface area contributed by atoms with Crippen LogP contribution in [0.2, 0.25) is 0 Å². The molecule has 0 spiro atoms. The van der Waals surface area contributed by atoms with Crippen LogP contribution in [0.25, 0.3) is 16.7 Å². The van der Waals surface area contributed by atoms with Crippen LogP contribution in [-0.4, -0.2) is 32.0 Å². The third-order valence-electron chi connectivity index (χ3n) is 4.19. The molecule has 8 heteroatoms. The van der Waals surface area contributed by atoms with Crippen molar-refractivity contribution in [1.82, 2.24) is 19.4 Å². The highest BCUT2D eigenvalue weighted by Crippen LogP contribution is 2.16. The summed E-state index contributed by atoms with van der Waals surface area (Å²) in [7, 11) is 0. The SMILES string of the molecule is Cc1ccccc1OCC(=O)Nn1cnc2c(cnn2-c2ccccc2)c1=O. The maximum absolute atomic E-state index is 12.7. The van der Waals surface area contributed by atoms with Gasteiger partial charge in [0.25, 0.3) is 11.5 Å². The molecule has 2 aromatic heterocycles. The number of aromatic nitrogens is 4. The number of para-hydroxylation sites is 2. The number of hydrogen-bond donors (Lipinski definition) is 1. The van der Waals surface area contributed by atoms with Gasteiger partial charge in [-0.2, -0.15) is 5.10 Å². The summed E-state index contributed by atoms with van der Waals surface area (Å²) in [5, 5.41) is 4.53. The molecule has 0 bridgehead atoms. The normalized spacial score (nSPS) is 10.8. The van der Waals surface area contributed by atoms with E-state index in [1.807, 2.05) is 55.5 Å². The lowest BCUT2D eigenvalue weighted by Crippen LogP contribution is -2.35. The molecule has 2 aromatic carbocycles. The maximum Gasteiger partial charge on any atom is 0.283 e. The van der Waals surface area contributed by atoms with E-state index < -0.39 is 11.5 Å². The van der Waals surface area contributed by atoms with Crippen LogP contribution in [0.3, 0.4) is 0 Å². The van der Waals surface area contributed by atoms with E-state index in [2.05, 4.69) is 15.5 Å². The summed E-state index contributed by atoms with van der Waals surface area (Å²) >= 11 is 0. The van der Waals surface area contributed by atoms with Gasteiger partial charge in [0.2, 0.25) is 0 Å². The van der Waals surface area contributed by atoms with Crippen LogP contribution in [0.4, 0.5) is 0 Å². The Balaban J connectivity index is 1.53. The minimum absolute atomic E-state index is 0.224. The first-order chi connectivity index (χ1) is 13.6. The fourth-order valence-corrected chi connectivity index (χ4v) is 2.78. The summed E-state index contributed by atoms with van der Waals surface area (Å²) in [6.45, 7) is 1.67. The minimum atomic E-state index is -0.470. The van der Waals surface area contributed by atoms with Gasteiger partial charge in [0, 0.05) is 0 Å². The van der Waals surface area contributed by atoms with Crippen molar-refractivity contribution in [2.24, 2.45) is 0 Å². The van der Waals surface area contributed by atoms with Crippen molar-refractivity contribution in [3.63, 3.8) is 0 Å². The molecule has 4 rings (SSSR count). The number of nitrogens with one attached hydrogen (secondary N) is 1. The Morgan fingerprint density at radius 3 is 2.64 bits per heavy atom. The van der Waals surface area contributed by atoms with E-state index in [-0.39, 0.29) is 6.61 Å². The maximum atomic E-state index is 12.7. The van der Waals surface area contributed by atoms with Crippen LogP contribution in [0.5, 0.6) is 5.75 Å². The van der Waals surface area contributed by atoms with Crippen LogP contribution in [0.1, 0.15) is 5.56 Å². The number of ether oxygens (including phenoxy) is 1. The van der Waals surface area contributed by atoms with Gasteiger partial charge >= 0.3 is 0 Å². The van der Waals surface area contributed by atoms with Crippen molar-refractivity contribution in [1.29, 1.82) is 0 Å². The first-order valence-electron chi connectivity index (χ1n) is 8.62. The Hall–Kier alpha value is -3.94. The van der Waals surface area contributed by atoms with Crippen molar-refractivity contribution < 1.29 is 9.53 Å². The van der Waals surface area contributed by atoms with Gasteiger partial charge in [-0.05, 0) is 30.7 Å². The number of amides is 1. The fourth-order valence-electron chi connectivity index (χ4n) is 2.78. The molecule has 2 heterocycles. The lowest BCUT2D eigenvalue weighted by molar-refractivity contribution is -0.119. The molecule has 0 atom stereocenters. The summed E-state index contributed by atoms with van der Waals surface area (Å²) < 4.78 is 8.10. The Kier molecular flexibility index (Phi) is 4.59. The molecule has 8 nitrogen and oxygen atoms in total. The summed E-state index contributed by atoms with van der Waals surface area (Å²) in [6.07, 6.45) is 2.70. The zero-order valence-corrected chi connectivity index (χ0v) is 15.1. The molecule has 0 saturated heterocycles. The zero-order chi connectivity index (χ0) is 19.5. The summed E-state index contributed by atoms with van der Waals surface area (Å²) in [5.41, 5.74) is 4.19. The van der Waals surface area contributed by atoms with Gasteiger partial charge in [-0.25, -0.2) is 14.3 Å². The molecular weight excluding hydrogens is 358 g/mol. The zero-order valence-electron chi connectivity index (χ0n) is 15.1. The van der Waals surface area contributed by atoms with Gasteiger partial charge < -0.3 is 4.74 Å². The van der Waals surface area contributed by atoms with E-state index >= 15 is 0 Å². The van der Waals surface area contributed by atoms with Crippen molar-refractivity contribution in [2.45, 2.75) is 6.92 Å². The average Bonchev–Trinajstić information content (AvgIpc) is 3.15. The monoisotopic (exact) mass is 375 g/mol. The molecule has 1 amide bonds. The summed E-state index contributed by atoms with van der Waals surface area (Å²) in [5.74, 6) is 0.143. The average molecular weight is 375 g/mol. The number of rotatable bonds is 5. The minimum Gasteiger partial charge on any atom is -0.483 e. The molecule has 0 fully saturated rings. The van der Waals surface area contributed by atoms with E-state index in [1.165, 1.54) is 12.5 Å². The molecular formula is C20H17N5O3. The summed E-state index contributed by atoms with van der Waals surface area (Å²) in [4.78, 5) is 29.1. The Bertz CT molecular complexity index is 1200. The second kappa shape index (κ2) is 7.36. The van der Waals surface area contributed by atoms with Crippen LogP contribution >= 0.6 is 0 Å². The van der Waals surface area contributed by atoms with Crippen molar-refractivity contribution in [2.75, 3.05) is 12.0 Å². The number of carbonyl (C=O) groups excluding carboxylic acids is 1. The van der Waals surface area contributed by atoms with Gasteiger partial charge in [0.05, 0.1) is 11.9 Å². The lowest BCUT2D eigenvalue weighted by Gasteiger charge is -2.10. The fraction of sp³-hybridized carbons (Fsp3) is 0.100. The first kappa shape index (κ1) is 17.5. The molecule has 28 heavy (non-hydrogen) atoms. The second-order valence-corrected chi connectivity index (χ2v) is 6.14. The van der Waals surface area contributed by atoms with Crippen molar-refractivity contribution in [3.8, 4) is 11.4 Å². The van der Waals surface area contributed by atoms with Crippen molar-refractivity contribution in [3.05, 3.63) is 83.0 Å². The quantitative estimate of drug-likeness (QED) is 0.576.